The zero-order valence-electron chi connectivity index (χ0n) is 11.3. The number of hydrogen-bond donors (Lipinski definition) is 2. The van der Waals surface area contributed by atoms with Crippen LogP contribution in [-0.4, -0.2) is 18.4 Å². The zero-order valence-corrected chi connectivity index (χ0v) is 11.3. The Bertz CT molecular complexity index is 522. The van der Waals surface area contributed by atoms with Crippen molar-refractivity contribution in [3.05, 3.63) is 42.5 Å². The number of para-hydroxylation sites is 1. The van der Waals surface area contributed by atoms with E-state index in [0.29, 0.717) is 0 Å². The van der Waals surface area contributed by atoms with Gasteiger partial charge in [0.2, 0.25) is 11.8 Å². The highest BCUT2D eigenvalue weighted by atomic mass is 19.1. The van der Waals surface area contributed by atoms with E-state index < -0.39 is 34.6 Å². The van der Waals surface area contributed by atoms with Crippen molar-refractivity contribution < 1.29 is 18.4 Å². The molecule has 0 bridgehead atoms. The van der Waals surface area contributed by atoms with Crippen LogP contribution in [0.15, 0.2) is 30.9 Å². The van der Waals surface area contributed by atoms with Crippen LogP contribution in [0, 0.1) is 17.0 Å². The molecule has 0 aliphatic heterocycles. The molecule has 0 atom stereocenters. The molecule has 1 aromatic rings. The summed E-state index contributed by atoms with van der Waals surface area (Å²) in [5.74, 6) is -3.17. The SMILES string of the molecule is C=CCNC(=O)C(C)(C)C(=O)Nc1c(F)cccc1F. The predicted molar refractivity (Wildman–Crippen MR) is 72.0 cm³/mol. The number of benzene rings is 1. The van der Waals surface area contributed by atoms with Crippen molar-refractivity contribution in [2.45, 2.75) is 13.8 Å². The number of anilines is 1. The topological polar surface area (TPSA) is 58.2 Å². The Kier molecular flexibility index (Phi) is 4.96. The van der Waals surface area contributed by atoms with Gasteiger partial charge < -0.3 is 10.6 Å². The number of hydrogen-bond acceptors (Lipinski definition) is 2. The fraction of sp³-hybridized carbons (Fsp3) is 0.286. The number of carbonyl (C=O) groups is 2. The molecule has 1 rings (SSSR count). The van der Waals surface area contributed by atoms with Crippen LogP contribution in [0.25, 0.3) is 0 Å². The minimum atomic E-state index is -1.47. The third-order valence-corrected chi connectivity index (χ3v) is 2.74. The largest absolute Gasteiger partial charge is 0.352 e. The van der Waals surface area contributed by atoms with Crippen LogP contribution >= 0.6 is 0 Å². The highest BCUT2D eigenvalue weighted by molar-refractivity contribution is 6.09. The Morgan fingerprint density at radius 2 is 1.80 bits per heavy atom. The summed E-state index contributed by atoms with van der Waals surface area (Å²) in [4.78, 5) is 23.8. The Morgan fingerprint density at radius 3 is 2.30 bits per heavy atom. The summed E-state index contributed by atoms with van der Waals surface area (Å²) >= 11 is 0. The summed E-state index contributed by atoms with van der Waals surface area (Å²) < 4.78 is 26.9. The molecule has 0 radical (unpaired) electrons. The average Bonchev–Trinajstić information content (AvgIpc) is 2.39. The molecular weight excluding hydrogens is 266 g/mol. The van der Waals surface area contributed by atoms with Gasteiger partial charge in [0.15, 0.2) is 0 Å². The van der Waals surface area contributed by atoms with Gasteiger partial charge in [-0.25, -0.2) is 8.78 Å². The maximum Gasteiger partial charge on any atom is 0.239 e. The molecule has 20 heavy (non-hydrogen) atoms. The van der Waals surface area contributed by atoms with Crippen molar-refractivity contribution in [1.29, 1.82) is 0 Å². The summed E-state index contributed by atoms with van der Waals surface area (Å²) in [5, 5.41) is 4.56. The lowest BCUT2D eigenvalue weighted by Gasteiger charge is -2.22. The fourth-order valence-electron chi connectivity index (χ4n) is 1.38. The molecule has 108 valence electrons. The van der Waals surface area contributed by atoms with Crippen LogP contribution in [0.1, 0.15) is 13.8 Å². The van der Waals surface area contributed by atoms with E-state index >= 15 is 0 Å². The summed E-state index contributed by atoms with van der Waals surface area (Å²) in [5.41, 5.74) is -2.04. The molecule has 0 unspecified atom stereocenters. The molecule has 1 aromatic carbocycles. The van der Waals surface area contributed by atoms with Gasteiger partial charge in [0.25, 0.3) is 0 Å². The summed E-state index contributed by atoms with van der Waals surface area (Å²) in [6.07, 6.45) is 1.46. The van der Waals surface area contributed by atoms with E-state index in [-0.39, 0.29) is 6.54 Å². The summed E-state index contributed by atoms with van der Waals surface area (Å²) in [6.45, 7) is 6.36. The highest BCUT2D eigenvalue weighted by Gasteiger charge is 2.36. The Balaban J connectivity index is 2.89. The molecule has 0 heterocycles. The minimum Gasteiger partial charge on any atom is -0.352 e. The molecule has 0 aliphatic carbocycles. The van der Waals surface area contributed by atoms with Gasteiger partial charge in [0.05, 0.1) is 0 Å². The van der Waals surface area contributed by atoms with E-state index in [1.54, 1.807) is 0 Å². The zero-order chi connectivity index (χ0) is 15.3. The average molecular weight is 282 g/mol. The lowest BCUT2D eigenvalue weighted by atomic mass is 9.91. The number of amides is 2. The number of nitrogens with one attached hydrogen (secondary N) is 2. The van der Waals surface area contributed by atoms with Gasteiger partial charge in [-0.1, -0.05) is 12.1 Å². The second-order valence-electron chi connectivity index (χ2n) is 4.67. The van der Waals surface area contributed by atoms with Crippen molar-refractivity contribution in [2.75, 3.05) is 11.9 Å². The molecule has 6 heteroatoms. The standard InChI is InChI=1S/C14H16F2N2O2/c1-4-8-17-12(19)14(2,3)13(20)18-11-9(15)6-5-7-10(11)16/h4-7H,1,8H2,2-3H3,(H,17,19)(H,18,20). The van der Waals surface area contributed by atoms with Crippen LogP contribution in [-0.2, 0) is 9.59 Å². The van der Waals surface area contributed by atoms with E-state index in [2.05, 4.69) is 17.2 Å². The minimum absolute atomic E-state index is 0.198. The predicted octanol–water partition coefficient (Wildman–Crippen LogP) is 2.23. The second kappa shape index (κ2) is 6.27. The molecule has 2 amide bonds. The van der Waals surface area contributed by atoms with Crippen molar-refractivity contribution in [1.82, 2.24) is 5.32 Å². The third kappa shape index (κ3) is 3.40. The molecule has 4 nitrogen and oxygen atoms in total. The van der Waals surface area contributed by atoms with Crippen LogP contribution in [0.5, 0.6) is 0 Å². The van der Waals surface area contributed by atoms with Crippen molar-refractivity contribution >= 4 is 17.5 Å². The van der Waals surface area contributed by atoms with E-state index in [4.69, 9.17) is 0 Å². The molecule has 0 spiro atoms. The van der Waals surface area contributed by atoms with Crippen LogP contribution < -0.4 is 10.6 Å². The Labute approximate surface area is 115 Å². The van der Waals surface area contributed by atoms with E-state index in [1.165, 1.54) is 26.0 Å². The van der Waals surface area contributed by atoms with Crippen molar-refractivity contribution in [2.24, 2.45) is 5.41 Å². The first-order chi connectivity index (χ1) is 9.30. The molecule has 0 aliphatic rings. The maximum atomic E-state index is 13.4. The number of carbonyl (C=O) groups excluding carboxylic acids is 2. The molecule has 2 N–H and O–H groups in total. The smallest absolute Gasteiger partial charge is 0.239 e. The molecule has 0 aromatic heterocycles. The first-order valence-corrected chi connectivity index (χ1v) is 5.95. The van der Waals surface area contributed by atoms with Gasteiger partial charge in [-0.3, -0.25) is 9.59 Å². The van der Waals surface area contributed by atoms with E-state index in [0.717, 1.165) is 12.1 Å². The van der Waals surface area contributed by atoms with Crippen molar-refractivity contribution in [3.63, 3.8) is 0 Å². The lowest BCUT2D eigenvalue weighted by Crippen LogP contribution is -2.45. The van der Waals surface area contributed by atoms with Gasteiger partial charge >= 0.3 is 0 Å². The van der Waals surface area contributed by atoms with Gasteiger partial charge in [-0.05, 0) is 26.0 Å². The summed E-state index contributed by atoms with van der Waals surface area (Å²) in [6, 6.07) is 3.22. The van der Waals surface area contributed by atoms with Crippen LogP contribution in [0.3, 0.4) is 0 Å². The van der Waals surface area contributed by atoms with Gasteiger partial charge in [-0.2, -0.15) is 0 Å². The first kappa shape index (κ1) is 15.8. The lowest BCUT2D eigenvalue weighted by molar-refractivity contribution is -0.138. The Hall–Kier alpha value is -2.24. The van der Waals surface area contributed by atoms with Crippen molar-refractivity contribution in [3.8, 4) is 0 Å². The number of halogens is 2. The normalized spacial score (nSPS) is 10.8. The van der Waals surface area contributed by atoms with Crippen LogP contribution in [0.4, 0.5) is 14.5 Å². The number of rotatable bonds is 5. The molecule has 0 saturated carbocycles. The fourth-order valence-corrected chi connectivity index (χ4v) is 1.38. The summed E-state index contributed by atoms with van der Waals surface area (Å²) in [7, 11) is 0. The molecular formula is C14H16F2N2O2. The second-order valence-corrected chi connectivity index (χ2v) is 4.67. The van der Waals surface area contributed by atoms with Gasteiger partial charge in [0.1, 0.15) is 22.7 Å². The molecule has 0 fully saturated rings. The van der Waals surface area contributed by atoms with Gasteiger partial charge in [0, 0.05) is 6.54 Å². The van der Waals surface area contributed by atoms with Crippen LogP contribution in [0.2, 0.25) is 0 Å². The quantitative estimate of drug-likeness (QED) is 0.642. The van der Waals surface area contributed by atoms with Gasteiger partial charge in [-0.15, -0.1) is 6.58 Å². The highest BCUT2D eigenvalue weighted by Crippen LogP contribution is 2.23. The monoisotopic (exact) mass is 282 g/mol. The molecule has 0 saturated heterocycles. The third-order valence-electron chi connectivity index (χ3n) is 2.74. The Morgan fingerprint density at radius 1 is 1.25 bits per heavy atom. The maximum absolute atomic E-state index is 13.4. The first-order valence-electron chi connectivity index (χ1n) is 5.95. The van der Waals surface area contributed by atoms with E-state index in [1.807, 2.05) is 0 Å². The van der Waals surface area contributed by atoms with E-state index in [9.17, 15) is 18.4 Å².